The quantitative estimate of drug-likeness (QED) is 0.499. The van der Waals surface area contributed by atoms with Crippen LogP contribution in [0.2, 0.25) is 0 Å². The molecule has 1 fully saturated rings. The van der Waals surface area contributed by atoms with Gasteiger partial charge in [-0.15, -0.1) is 5.10 Å². The van der Waals surface area contributed by atoms with Gasteiger partial charge in [0.1, 0.15) is 0 Å². The lowest BCUT2D eigenvalue weighted by molar-refractivity contribution is 0.183. The van der Waals surface area contributed by atoms with Crippen molar-refractivity contribution >= 4 is 17.1 Å². The van der Waals surface area contributed by atoms with Crippen LogP contribution >= 0.6 is 0 Å². The van der Waals surface area contributed by atoms with E-state index >= 15 is 0 Å². The highest BCUT2D eigenvalue weighted by Gasteiger charge is 2.17. The van der Waals surface area contributed by atoms with Crippen molar-refractivity contribution in [1.82, 2.24) is 39.7 Å². The van der Waals surface area contributed by atoms with E-state index in [-0.39, 0.29) is 0 Å². The summed E-state index contributed by atoms with van der Waals surface area (Å²) >= 11 is 0. The molecule has 0 aliphatic heterocycles. The topological polar surface area (TPSA) is 108 Å². The Morgan fingerprint density at radius 1 is 1.10 bits per heavy atom. The monoisotopic (exact) mass is 405 g/mol. The summed E-state index contributed by atoms with van der Waals surface area (Å²) in [6.45, 7) is 1.33. The molecule has 0 atom stereocenters. The zero-order valence-electron chi connectivity index (χ0n) is 16.8. The Bertz CT molecular complexity index is 1130. The van der Waals surface area contributed by atoms with Gasteiger partial charge in [0.2, 0.25) is 5.95 Å². The van der Waals surface area contributed by atoms with E-state index in [9.17, 15) is 0 Å². The molecule has 4 heterocycles. The van der Waals surface area contributed by atoms with Crippen LogP contribution in [0, 0.1) is 0 Å². The molecule has 4 aromatic heterocycles. The Morgan fingerprint density at radius 3 is 2.80 bits per heavy atom. The Labute approximate surface area is 173 Å². The molecular formula is C20H23N9O. The van der Waals surface area contributed by atoms with Crippen LogP contribution in [0.4, 0.5) is 5.95 Å². The number of hydrogen-bond acceptors (Lipinski definition) is 8. The van der Waals surface area contributed by atoms with Gasteiger partial charge >= 0.3 is 0 Å². The minimum atomic E-state index is 0.439. The molecule has 1 aliphatic carbocycles. The van der Waals surface area contributed by atoms with E-state index < -0.39 is 0 Å². The summed E-state index contributed by atoms with van der Waals surface area (Å²) < 4.78 is 8.59. The first-order chi connectivity index (χ1) is 14.8. The predicted molar refractivity (Wildman–Crippen MR) is 111 cm³/mol. The number of anilines is 1. The van der Waals surface area contributed by atoms with Gasteiger partial charge in [-0.05, 0) is 25.0 Å². The van der Waals surface area contributed by atoms with Gasteiger partial charge in [0.15, 0.2) is 17.0 Å². The SMILES string of the molecule is COCCn1cc(-c2ccc(-n3nnc4cnc(NC5CCCC5)nc43)nc2)cn1. The molecule has 0 unspecified atom stereocenters. The number of pyridine rings is 1. The van der Waals surface area contributed by atoms with Crippen molar-refractivity contribution in [3.8, 4) is 16.9 Å². The first-order valence-electron chi connectivity index (χ1n) is 10.1. The lowest BCUT2D eigenvalue weighted by Crippen LogP contribution is -2.16. The third-order valence-corrected chi connectivity index (χ3v) is 5.34. The van der Waals surface area contributed by atoms with Gasteiger partial charge < -0.3 is 10.1 Å². The van der Waals surface area contributed by atoms with Crippen LogP contribution in [-0.4, -0.2) is 59.5 Å². The van der Waals surface area contributed by atoms with Crippen molar-refractivity contribution in [2.45, 2.75) is 38.3 Å². The molecule has 4 aromatic rings. The standard InChI is InChI=1S/C20H23N9O/c1-30-9-8-28-13-15(11-23-28)14-6-7-18(21-10-14)29-19-17(26-27-29)12-22-20(25-19)24-16-4-2-3-5-16/h6-7,10-13,16H,2-5,8-9H2,1H3,(H,22,24,25). The molecule has 0 aromatic carbocycles. The van der Waals surface area contributed by atoms with Crippen molar-refractivity contribution in [2.24, 2.45) is 0 Å². The fourth-order valence-corrected chi connectivity index (χ4v) is 3.71. The summed E-state index contributed by atoms with van der Waals surface area (Å²) in [7, 11) is 1.68. The lowest BCUT2D eigenvalue weighted by atomic mass is 10.2. The second-order valence-corrected chi connectivity index (χ2v) is 7.42. The van der Waals surface area contributed by atoms with E-state index in [1.807, 2.05) is 29.2 Å². The van der Waals surface area contributed by atoms with Gasteiger partial charge in [0, 0.05) is 36.7 Å². The number of hydrogen-bond donors (Lipinski definition) is 1. The van der Waals surface area contributed by atoms with E-state index in [1.54, 1.807) is 24.2 Å². The van der Waals surface area contributed by atoms with Gasteiger partial charge in [-0.3, -0.25) is 4.68 Å². The Balaban J connectivity index is 1.38. The lowest BCUT2D eigenvalue weighted by Gasteiger charge is -2.11. The molecular weight excluding hydrogens is 382 g/mol. The highest BCUT2D eigenvalue weighted by atomic mass is 16.5. The van der Waals surface area contributed by atoms with Crippen LogP contribution in [0.5, 0.6) is 0 Å². The normalized spacial score (nSPS) is 14.6. The van der Waals surface area contributed by atoms with Crippen molar-refractivity contribution in [1.29, 1.82) is 0 Å². The van der Waals surface area contributed by atoms with Gasteiger partial charge in [-0.1, -0.05) is 18.1 Å². The van der Waals surface area contributed by atoms with Crippen LogP contribution in [0.1, 0.15) is 25.7 Å². The Kier molecular flexibility index (Phi) is 5.06. The molecule has 1 saturated carbocycles. The zero-order chi connectivity index (χ0) is 20.3. The summed E-state index contributed by atoms with van der Waals surface area (Å²) in [6, 6.07) is 4.34. The van der Waals surface area contributed by atoms with E-state index in [1.165, 1.54) is 12.8 Å². The highest BCUT2D eigenvalue weighted by Crippen LogP contribution is 2.22. The molecule has 1 aliphatic rings. The molecule has 0 amide bonds. The summed E-state index contributed by atoms with van der Waals surface area (Å²) in [6.07, 6.45) is 12.1. The van der Waals surface area contributed by atoms with E-state index in [2.05, 4.69) is 35.7 Å². The molecule has 30 heavy (non-hydrogen) atoms. The smallest absolute Gasteiger partial charge is 0.225 e. The average Bonchev–Trinajstić information content (AvgIpc) is 3.53. The molecule has 154 valence electrons. The third kappa shape index (κ3) is 3.73. The van der Waals surface area contributed by atoms with E-state index in [4.69, 9.17) is 4.74 Å². The number of nitrogens with zero attached hydrogens (tertiary/aromatic N) is 8. The maximum absolute atomic E-state index is 5.09. The number of methoxy groups -OCH3 is 1. The molecule has 10 heteroatoms. The minimum absolute atomic E-state index is 0.439. The average molecular weight is 405 g/mol. The highest BCUT2D eigenvalue weighted by molar-refractivity contribution is 5.72. The molecule has 0 bridgehead atoms. The fourth-order valence-electron chi connectivity index (χ4n) is 3.71. The third-order valence-electron chi connectivity index (χ3n) is 5.34. The molecule has 0 spiro atoms. The number of rotatable bonds is 7. The zero-order valence-corrected chi connectivity index (χ0v) is 16.8. The van der Waals surface area contributed by atoms with Crippen LogP contribution in [0.15, 0.2) is 36.9 Å². The molecule has 10 nitrogen and oxygen atoms in total. The first kappa shape index (κ1) is 18.6. The minimum Gasteiger partial charge on any atom is -0.383 e. The van der Waals surface area contributed by atoms with Crippen LogP contribution in [-0.2, 0) is 11.3 Å². The largest absolute Gasteiger partial charge is 0.383 e. The van der Waals surface area contributed by atoms with E-state index in [0.717, 1.165) is 24.0 Å². The molecule has 5 rings (SSSR count). The fraction of sp³-hybridized carbons (Fsp3) is 0.400. The van der Waals surface area contributed by atoms with Crippen LogP contribution in [0.3, 0.4) is 0 Å². The molecule has 0 radical (unpaired) electrons. The van der Waals surface area contributed by atoms with Gasteiger partial charge in [-0.25, -0.2) is 9.97 Å². The molecule has 1 N–H and O–H groups in total. The van der Waals surface area contributed by atoms with Gasteiger partial charge in [0.05, 0.1) is 25.5 Å². The number of ether oxygens (including phenoxy) is 1. The second kappa shape index (κ2) is 8.15. The molecule has 0 saturated heterocycles. The number of fused-ring (bicyclic) bond motifs is 1. The Morgan fingerprint density at radius 2 is 2.00 bits per heavy atom. The van der Waals surface area contributed by atoms with Crippen molar-refractivity contribution in [3.05, 3.63) is 36.9 Å². The van der Waals surface area contributed by atoms with Crippen molar-refractivity contribution in [2.75, 3.05) is 19.0 Å². The summed E-state index contributed by atoms with van der Waals surface area (Å²) in [5, 5.41) is 16.2. The second-order valence-electron chi connectivity index (χ2n) is 7.42. The summed E-state index contributed by atoms with van der Waals surface area (Å²) in [5.41, 5.74) is 3.25. The van der Waals surface area contributed by atoms with Gasteiger partial charge in [-0.2, -0.15) is 14.8 Å². The van der Waals surface area contributed by atoms with Gasteiger partial charge in [0.25, 0.3) is 0 Å². The Hall–Kier alpha value is -3.40. The first-order valence-corrected chi connectivity index (χ1v) is 10.1. The van der Waals surface area contributed by atoms with E-state index in [0.29, 0.717) is 42.1 Å². The van der Waals surface area contributed by atoms with Crippen molar-refractivity contribution < 1.29 is 4.74 Å². The van der Waals surface area contributed by atoms with Crippen LogP contribution < -0.4 is 5.32 Å². The van der Waals surface area contributed by atoms with Crippen LogP contribution in [0.25, 0.3) is 28.1 Å². The number of nitrogens with one attached hydrogen (secondary N) is 1. The number of aromatic nitrogens is 8. The maximum Gasteiger partial charge on any atom is 0.225 e. The maximum atomic E-state index is 5.09. The van der Waals surface area contributed by atoms with Crippen molar-refractivity contribution in [3.63, 3.8) is 0 Å². The summed E-state index contributed by atoms with van der Waals surface area (Å²) in [5.74, 6) is 1.26. The predicted octanol–water partition coefficient (Wildman–Crippen LogP) is 2.47. The summed E-state index contributed by atoms with van der Waals surface area (Å²) in [4.78, 5) is 13.6.